The number of nitrogens with zero attached hydrogens (tertiary/aromatic N) is 4. The van der Waals surface area contributed by atoms with E-state index in [9.17, 15) is 0 Å². The number of ether oxygens (including phenoxy) is 2. The number of H-pyrrole nitrogens is 2. The molecule has 0 radical (unpaired) electrons. The highest BCUT2D eigenvalue weighted by atomic mass is 16.5. The molecule has 2 fully saturated rings. The largest absolute Gasteiger partial charge is 0.497 e. The molecule has 0 atom stereocenters. The van der Waals surface area contributed by atoms with Crippen molar-refractivity contribution in [2.24, 2.45) is 11.8 Å². The average Bonchev–Trinajstić information content (AvgIpc) is 3.80. The van der Waals surface area contributed by atoms with E-state index < -0.39 is 0 Å². The summed E-state index contributed by atoms with van der Waals surface area (Å²) in [5.41, 5.74) is 4.66. The van der Waals surface area contributed by atoms with E-state index in [0.717, 1.165) is 60.5 Å². The molecule has 2 saturated heterocycles. The topological polar surface area (TPSA) is 64.3 Å². The second-order valence-corrected chi connectivity index (χ2v) is 16.7. The van der Waals surface area contributed by atoms with Crippen LogP contribution in [-0.2, 0) is 13.1 Å². The molecule has 4 aromatic carbocycles. The fourth-order valence-electron chi connectivity index (χ4n) is 9.93. The summed E-state index contributed by atoms with van der Waals surface area (Å²) in [5.74, 6) is 3.56. The Labute approximate surface area is 328 Å². The van der Waals surface area contributed by atoms with Crippen molar-refractivity contribution in [2.75, 3.05) is 46.4 Å². The van der Waals surface area contributed by atoms with Gasteiger partial charge in [-0.3, -0.25) is 9.80 Å². The molecular formula is C48H54N6O2+2. The van der Waals surface area contributed by atoms with Crippen LogP contribution in [0.5, 0.6) is 11.5 Å². The number of rotatable bonds is 10. The van der Waals surface area contributed by atoms with E-state index in [1.165, 1.54) is 106 Å². The van der Waals surface area contributed by atoms with Gasteiger partial charge in [0.1, 0.15) is 11.5 Å². The zero-order chi connectivity index (χ0) is 37.8. The molecule has 0 bridgehead atoms. The van der Waals surface area contributed by atoms with Gasteiger partial charge < -0.3 is 19.4 Å². The van der Waals surface area contributed by atoms with E-state index in [2.05, 4.69) is 134 Å². The highest BCUT2D eigenvalue weighted by Gasteiger charge is 2.30. The third kappa shape index (κ3) is 6.73. The first-order valence-corrected chi connectivity index (χ1v) is 20.9. The Hall–Kier alpha value is -5.18. The van der Waals surface area contributed by atoms with Gasteiger partial charge in [0.25, 0.3) is 0 Å². The molecule has 0 unspecified atom stereocenters. The minimum atomic E-state index is 0.151. The average molecular weight is 747 g/mol. The smallest absolute Gasteiger partial charge is 0.177 e. The van der Waals surface area contributed by atoms with Crippen LogP contribution in [0.3, 0.4) is 0 Å². The summed E-state index contributed by atoms with van der Waals surface area (Å²) in [6.07, 6.45) is 14.7. The molecule has 2 aliphatic rings. The number of hydrogen-bond acceptors (Lipinski definition) is 4. The van der Waals surface area contributed by atoms with Crippen molar-refractivity contribution in [2.45, 2.75) is 58.7 Å². The van der Waals surface area contributed by atoms with Crippen molar-refractivity contribution in [3.63, 3.8) is 0 Å². The SMILES string of the molecule is COc1ccc2[nH]c3ccc4cc[n+](CCN5CCC(C6CCN(CC[n+]7ccc8ccc9[nH]c%10ccc(OC(C)C)cc%10c9c8c7)CC6)CC5)cc4c3c2c1. The maximum atomic E-state index is 6.06. The van der Waals surface area contributed by atoms with E-state index in [1.54, 1.807) is 7.11 Å². The van der Waals surface area contributed by atoms with E-state index in [1.807, 2.05) is 6.07 Å². The number of methoxy groups -OCH3 is 1. The molecule has 286 valence electrons. The molecule has 6 heterocycles. The number of hydrogen-bond donors (Lipinski definition) is 2. The van der Waals surface area contributed by atoms with Gasteiger partial charge in [-0.05, 0) is 137 Å². The van der Waals surface area contributed by atoms with Crippen LogP contribution in [0.1, 0.15) is 39.5 Å². The molecule has 2 aliphatic heterocycles. The van der Waals surface area contributed by atoms with Crippen molar-refractivity contribution in [1.82, 2.24) is 19.8 Å². The second-order valence-electron chi connectivity index (χ2n) is 16.7. The monoisotopic (exact) mass is 746 g/mol. The Kier molecular flexibility index (Phi) is 9.26. The first-order chi connectivity index (χ1) is 27.5. The lowest BCUT2D eigenvalue weighted by Crippen LogP contribution is -2.46. The summed E-state index contributed by atoms with van der Waals surface area (Å²) in [5, 5.41) is 10.2. The number of nitrogens with one attached hydrogen (secondary N) is 2. The van der Waals surface area contributed by atoms with Crippen molar-refractivity contribution in [1.29, 1.82) is 0 Å². The summed E-state index contributed by atoms with van der Waals surface area (Å²) in [4.78, 5) is 12.6. The third-order valence-electron chi connectivity index (χ3n) is 13.0. The van der Waals surface area contributed by atoms with E-state index in [4.69, 9.17) is 9.47 Å². The van der Waals surface area contributed by atoms with Crippen molar-refractivity contribution in [3.05, 3.63) is 97.6 Å². The molecule has 8 aromatic rings. The maximum absolute atomic E-state index is 6.06. The highest BCUT2D eigenvalue weighted by Crippen LogP contribution is 2.36. The van der Waals surface area contributed by atoms with Crippen LogP contribution in [-0.4, -0.2) is 72.3 Å². The summed E-state index contributed by atoms with van der Waals surface area (Å²) in [6.45, 7) is 13.3. The Morgan fingerprint density at radius 1 is 0.589 bits per heavy atom. The number of piperidine rings is 2. The van der Waals surface area contributed by atoms with E-state index >= 15 is 0 Å². The number of pyridine rings is 2. The first-order valence-electron chi connectivity index (χ1n) is 20.9. The van der Waals surface area contributed by atoms with E-state index in [0.29, 0.717) is 0 Å². The van der Waals surface area contributed by atoms with Crippen molar-refractivity contribution < 1.29 is 18.6 Å². The zero-order valence-corrected chi connectivity index (χ0v) is 33.1. The van der Waals surface area contributed by atoms with E-state index in [-0.39, 0.29) is 6.10 Å². The lowest BCUT2D eigenvalue weighted by Gasteiger charge is -2.39. The number of likely N-dealkylation sites (tertiary alicyclic amines) is 2. The summed E-state index contributed by atoms with van der Waals surface area (Å²) in [7, 11) is 1.74. The van der Waals surface area contributed by atoms with Crippen LogP contribution in [0.2, 0.25) is 0 Å². The van der Waals surface area contributed by atoms with Crippen LogP contribution < -0.4 is 18.6 Å². The lowest BCUT2D eigenvalue weighted by atomic mass is 9.79. The van der Waals surface area contributed by atoms with Crippen LogP contribution in [0, 0.1) is 11.8 Å². The molecule has 8 nitrogen and oxygen atoms in total. The molecule has 4 aromatic heterocycles. The predicted molar refractivity (Wildman–Crippen MR) is 228 cm³/mol. The molecule has 8 heteroatoms. The zero-order valence-electron chi connectivity index (χ0n) is 33.1. The molecular weight excluding hydrogens is 693 g/mol. The fraction of sp³-hybridized carbons (Fsp3) is 0.375. The van der Waals surface area contributed by atoms with Crippen LogP contribution in [0.4, 0.5) is 0 Å². The van der Waals surface area contributed by atoms with Gasteiger partial charge in [-0.1, -0.05) is 12.1 Å². The van der Waals surface area contributed by atoms with Gasteiger partial charge in [-0.2, -0.15) is 0 Å². The lowest BCUT2D eigenvalue weighted by molar-refractivity contribution is -0.695. The summed E-state index contributed by atoms with van der Waals surface area (Å²) in [6, 6.07) is 26.2. The Morgan fingerprint density at radius 2 is 1.05 bits per heavy atom. The van der Waals surface area contributed by atoms with Crippen molar-refractivity contribution in [3.8, 4) is 11.5 Å². The Bertz CT molecular complexity index is 2700. The Morgan fingerprint density at radius 3 is 1.54 bits per heavy atom. The van der Waals surface area contributed by atoms with Crippen LogP contribution >= 0.6 is 0 Å². The molecule has 0 saturated carbocycles. The second kappa shape index (κ2) is 14.7. The third-order valence-corrected chi connectivity index (χ3v) is 13.0. The summed E-state index contributed by atoms with van der Waals surface area (Å²) >= 11 is 0. The number of aromatic nitrogens is 4. The molecule has 2 N–H and O–H groups in total. The first kappa shape index (κ1) is 35.2. The minimum Gasteiger partial charge on any atom is -0.497 e. The number of fused-ring (bicyclic) bond motifs is 10. The Balaban J connectivity index is 0.731. The van der Waals surface area contributed by atoms with Gasteiger partial charge in [0.2, 0.25) is 0 Å². The van der Waals surface area contributed by atoms with Gasteiger partial charge in [0, 0.05) is 55.7 Å². The van der Waals surface area contributed by atoms with Crippen molar-refractivity contribution >= 4 is 65.2 Å². The van der Waals surface area contributed by atoms with Gasteiger partial charge in [-0.25, -0.2) is 9.13 Å². The van der Waals surface area contributed by atoms with Crippen LogP contribution in [0.25, 0.3) is 65.2 Å². The van der Waals surface area contributed by atoms with Gasteiger partial charge >= 0.3 is 0 Å². The normalized spacial score (nSPS) is 16.8. The molecule has 0 amide bonds. The van der Waals surface area contributed by atoms with Gasteiger partial charge in [-0.15, -0.1) is 0 Å². The molecule has 0 spiro atoms. The fourth-order valence-corrected chi connectivity index (χ4v) is 9.93. The molecule has 56 heavy (non-hydrogen) atoms. The number of aromatic amines is 2. The summed E-state index contributed by atoms with van der Waals surface area (Å²) < 4.78 is 16.4. The number of benzene rings is 4. The quantitative estimate of drug-likeness (QED) is 0.138. The molecule has 0 aliphatic carbocycles. The standard InChI is InChI=1S/C48H52N6O2/c1-32(2)56-38-7-11-44-40(29-38)48-42-31-54(23-17-36(42)5-9-46(48)50-44)27-25-52-20-14-34(15-21-52)33-12-18-51(19-13-33)24-26-53-22-16-35-4-8-45-47(41(35)30-53)39-28-37(55-3)6-10-43(39)49-45/h4-11,16-17,22-23,28-34H,12-15,18-21,24-27H2,1-3H3/p+2. The van der Waals surface area contributed by atoms with Crippen LogP contribution in [0.15, 0.2) is 97.6 Å². The van der Waals surface area contributed by atoms with Gasteiger partial charge in [0.15, 0.2) is 37.9 Å². The molecule has 10 rings (SSSR count). The minimum absolute atomic E-state index is 0.151. The maximum Gasteiger partial charge on any atom is 0.177 e. The van der Waals surface area contributed by atoms with Gasteiger partial charge in [0.05, 0.1) is 37.1 Å². The predicted octanol–water partition coefficient (Wildman–Crippen LogP) is 8.76. The highest BCUT2D eigenvalue weighted by molar-refractivity contribution is 6.21.